The molecule has 3 heterocycles. The summed E-state index contributed by atoms with van der Waals surface area (Å²) < 4.78 is 20.6. The van der Waals surface area contributed by atoms with E-state index in [1.807, 2.05) is 6.07 Å². The Morgan fingerprint density at radius 3 is 2.41 bits per heavy atom. The number of rotatable bonds is 6. The highest BCUT2D eigenvalue weighted by Gasteiger charge is 2.16. The van der Waals surface area contributed by atoms with Crippen LogP contribution in [-0.4, -0.2) is 32.5 Å². The molecule has 2 N–H and O–H groups in total. The number of nitrogens with zero attached hydrogens (tertiary/aromatic N) is 4. The lowest BCUT2D eigenvalue weighted by atomic mass is 10.2. The summed E-state index contributed by atoms with van der Waals surface area (Å²) in [7, 11) is 1.77. The second kappa shape index (κ2) is 9.86. The van der Waals surface area contributed by atoms with Crippen molar-refractivity contribution in [3.8, 4) is 17.2 Å². The number of hydrogen-bond acceptors (Lipinski definition) is 7. The molecule has 10 heteroatoms. The van der Waals surface area contributed by atoms with Crippen LogP contribution in [0.5, 0.6) is 11.5 Å². The molecule has 0 radical (unpaired) electrons. The van der Waals surface area contributed by atoms with Crippen molar-refractivity contribution >= 4 is 28.3 Å². The Labute approximate surface area is 210 Å². The lowest BCUT2D eigenvalue weighted by molar-refractivity contribution is 0.102. The van der Waals surface area contributed by atoms with Gasteiger partial charge in [0.2, 0.25) is 0 Å². The molecule has 0 saturated heterocycles. The summed E-state index contributed by atoms with van der Waals surface area (Å²) in [6.45, 7) is 1.63. The fourth-order valence-electron chi connectivity index (χ4n) is 3.84. The lowest BCUT2D eigenvalue weighted by Crippen LogP contribution is -2.30. The van der Waals surface area contributed by atoms with E-state index in [9.17, 15) is 14.0 Å². The van der Waals surface area contributed by atoms with E-state index in [1.165, 1.54) is 35.0 Å². The lowest BCUT2D eigenvalue weighted by Gasteiger charge is -2.12. The number of nitrogens with one attached hydrogen (secondary N) is 2. The SMILES string of the molecule is CNc1nccc2c(Oc3ccc(NC(=O)c4cnc(C)n(-c5ccc(F)cc5)c4=O)cc3)ccnc12. The molecule has 2 aromatic carbocycles. The Morgan fingerprint density at radius 1 is 0.946 bits per heavy atom. The highest BCUT2D eigenvalue weighted by Crippen LogP contribution is 2.31. The van der Waals surface area contributed by atoms with E-state index < -0.39 is 17.3 Å². The van der Waals surface area contributed by atoms with Crippen molar-refractivity contribution in [2.75, 3.05) is 17.7 Å². The monoisotopic (exact) mass is 496 g/mol. The minimum absolute atomic E-state index is 0.146. The van der Waals surface area contributed by atoms with Crippen LogP contribution in [0.15, 0.2) is 84.0 Å². The molecule has 0 spiro atoms. The van der Waals surface area contributed by atoms with E-state index in [2.05, 4.69) is 25.6 Å². The van der Waals surface area contributed by atoms with E-state index in [-0.39, 0.29) is 5.56 Å². The van der Waals surface area contributed by atoms with Gasteiger partial charge in [0.1, 0.15) is 34.2 Å². The zero-order valence-corrected chi connectivity index (χ0v) is 19.9. The van der Waals surface area contributed by atoms with Gasteiger partial charge in [-0.15, -0.1) is 0 Å². The number of hydrogen-bond donors (Lipinski definition) is 2. The van der Waals surface area contributed by atoms with Crippen molar-refractivity contribution in [2.24, 2.45) is 0 Å². The quantitative estimate of drug-likeness (QED) is 0.350. The van der Waals surface area contributed by atoms with Gasteiger partial charge in [0, 0.05) is 36.7 Å². The van der Waals surface area contributed by atoms with Crippen molar-refractivity contribution in [3.63, 3.8) is 0 Å². The van der Waals surface area contributed by atoms with Crippen molar-refractivity contribution in [2.45, 2.75) is 6.92 Å². The third-order valence-electron chi connectivity index (χ3n) is 5.66. The molecule has 0 saturated carbocycles. The number of anilines is 2. The van der Waals surface area contributed by atoms with Crippen molar-refractivity contribution in [3.05, 3.63) is 107 Å². The molecule has 0 fully saturated rings. The summed E-state index contributed by atoms with van der Waals surface area (Å²) in [6, 6.07) is 15.7. The number of carbonyl (C=O) groups is 1. The van der Waals surface area contributed by atoms with Crippen LogP contribution >= 0.6 is 0 Å². The number of pyridine rings is 2. The highest BCUT2D eigenvalue weighted by atomic mass is 19.1. The van der Waals surface area contributed by atoms with Gasteiger partial charge in [0.05, 0.1) is 5.69 Å². The summed E-state index contributed by atoms with van der Waals surface area (Å²) >= 11 is 0. The highest BCUT2D eigenvalue weighted by molar-refractivity contribution is 6.03. The van der Waals surface area contributed by atoms with Gasteiger partial charge in [0.15, 0.2) is 5.82 Å². The number of amides is 1. The molecule has 0 aliphatic rings. The van der Waals surface area contributed by atoms with Crippen LogP contribution in [0.4, 0.5) is 15.9 Å². The summed E-state index contributed by atoms with van der Waals surface area (Å²) in [5, 5.41) is 6.51. The maximum atomic E-state index is 13.3. The molecule has 0 bridgehead atoms. The van der Waals surface area contributed by atoms with Crippen LogP contribution in [0, 0.1) is 12.7 Å². The summed E-state index contributed by atoms with van der Waals surface area (Å²) in [5.74, 6) is 1.12. The zero-order valence-electron chi connectivity index (χ0n) is 19.9. The van der Waals surface area contributed by atoms with Crippen LogP contribution in [0.3, 0.4) is 0 Å². The molecule has 37 heavy (non-hydrogen) atoms. The Balaban J connectivity index is 1.36. The second-order valence-electron chi connectivity index (χ2n) is 8.03. The molecular formula is C27H21FN6O3. The minimum atomic E-state index is -0.616. The number of ether oxygens (including phenoxy) is 1. The Kier molecular flexibility index (Phi) is 6.29. The van der Waals surface area contributed by atoms with Gasteiger partial charge in [-0.25, -0.2) is 14.4 Å². The first-order chi connectivity index (χ1) is 17.9. The largest absolute Gasteiger partial charge is 0.457 e. The van der Waals surface area contributed by atoms with Gasteiger partial charge in [-0.1, -0.05) is 0 Å². The summed E-state index contributed by atoms with van der Waals surface area (Å²) in [5.41, 5.74) is 0.856. The summed E-state index contributed by atoms with van der Waals surface area (Å²) in [6.07, 6.45) is 4.54. The molecular weight excluding hydrogens is 475 g/mol. The van der Waals surface area contributed by atoms with Gasteiger partial charge in [0.25, 0.3) is 11.5 Å². The second-order valence-corrected chi connectivity index (χ2v) is 8.03. The van der Waals surface area contributed by atoms with E-state index in [1.54, 1.807) is 56.7 Å². The average Bonchev–Trinajstić information content (AvgIpc) is 2.90. The van der Waals surface area contributed by atoms with E-state index in [4.69, 9.17) is 4.74 Å². The van der Waals surface area contributed by atoms with Gasteiger partial charge in [-0.05, 0) is 67.6 Å². The number of aryl methyl sites for hydroxylation is 1. The van der Waals surface area contributed by atoms with Crippen LogP contribution in [0.2, 0.25) is 0 Å². The Hall–Kier alpha value is -5.12. The van der Waals surface area contributed by atoms with Crippen molar-refractivity contribution < 1.29 is 13.9 Å². The predicted molar refractivity (Wildman–Crippen MR) is 138 cm³/mol. The maximum Gasteiger partial charge on any atom is 0.270 e. The Morgan fingerprint density at radius 2 is 1.68 bits per heavy atom. The molecule has 5 rings (SSSR count). The van der Waals surface area contributed by atoms with Gasteiger partial charge in [-0.3, -0.25) is 19.1 Å². The molecule has 1 amide bonds. The number of halogens is 1. The van der Waals surface area contributed by atoms with E-state index >= 15 is 0 Å². The third-order valence-corrected chi connectivity index (χ3v) is 5.66. The number of fused-ring (bicyclic) bond motifs is 1. The normalized spacial score (nSPS) is 10.8. The van der Waals surface area contributed by atoms with Crippen LogP contribution in [0.1, 0.15) is 16.2 Å². The van der Waals surface area contributed by atoms with Crippen LogP contribution < -0.4 is 20.9 Å². The molecule has 0 aliphatic carbocycles. The average molecular weight is 497 g/mol. The van der Waals surface area contributed by atoms with Gasteiger partial charge >= 0.3 is 0 Å². The molecule has 184 valence electrons. The van der Waals surface area contributed by atoms with E-state index in [0.29, 0.717) is 40.0 Å². The van der Waals surface area contributed by atoms with E-state index in [0.717, 1.165) is 5.39 Å². The fourth-order valence-corrected chi connectivity index (χ4v) is 3.84. The fraction of sp³-hybridized carbons (Fsp3) is 0.0741. The molecule has 9 nitrogen and oxygen atoms in total. The van der Waals surface area contributed by atoms with Crippen molar-refractivity contribution in [1.82, 2.24) is 19.5 Å². The number of aromatic nitrogens is 4. The molecule has 5 aromatic rings. The summed E-state index contributed by atoms with van der Waals surface area (Å²) in [4.78, 5) is 38.7. The van der Waals surface area contributed by atoms with Crippen LogP contribution in [0.25, 0.3) is 16.6 Å². The molecule has 3 aromatic heterocycles. The van der Waals surface area contributed by atoms with Crippen LogP contribution in [-0.2, 0) is 0 Å². The molecule has 0 aliphatic heterocycles. The number of benzene rings is 2. The number of carbonyl (C=O) groups excluding carboxylic acids is 1. The van der Waals surface area contributed by atoms with Gasteiger partial charge in [-0.2, -0.15) is 0 Å². The third kappa shape index (κ3) is 4.72. The minimum Gasteiger partial charge on any atom is -0.457 e. The first-order valence-electron chi connectivity index (χ1n) is 11.3. The molecule has 0 atom stereocenters. The maximum absolute atomic E-state index is 13.3. The van der Waals surface area contributed by atoms with Gasteiger partial charge < -0.3 is 15.4 Å². The first-order valence-corrected chi connectivity index (χ1v) is 11.3. The Bertz CT molecular complexity index is 1670. The van der Waals surface area contributed by atoms with Crippen molar-refractivity contribution in [1.29, 1.82) is 0 Å². The zero-order chi connectivity index (χ0) is 25.9. The molecule has 0 unspecified atom stereocenters. The predicted octanol–water partition coefficient (Wildman–Crippen LogP) is 4.71. The standard InChI is InChI=1S/C27H21FN6O3/c1-16-32-15-22(27(36)34(16)19-7-3-17(28)4-8-19)26(35)33-18-5-9-20(10-6-18)37-23-12-14-30-24-21(23)11-13-31-25(24)29-2/h3-15H,1-2H3,(H,29,31)(H,33,35). The smallest absolute Gasteiger partial charge is 0.270 e. The first kappa shape index (κ1) is 23.6. The topological polar surface area (TPSA) is 111 Å².